The lowest BCUT2D eigenvalue weighted by Crippen LogP contribution is -2.22. The number of aromatic nitrogens is 1. The van der Waals surface area contributed by atoms with Gasteiger partial charge in [-0.1, -0.05) is 17.7 Å². The van der Waals surface area contributed by atoms with E-state index in [4.69, 9.17) is 25.8 Å². The van der Waals surface area contributed by atoms with Gasteiger partial charge in [0.25, 0.3) is 0 Å². The standard InChI is InChI=1S/C23H18ClN3O5S/c1-13(28)27(17-6-4-5-15(24)9-17)23-25-16(12-33-23)10-20-22(29)32-21(26-20)14-7-18(30-2)11-19(8-14)31-3/h4-12H,1-3H3/b20-10+. The fourth-order valence-electron chi connectivity index (χ4n) is 3.09. The average molecular weight is 484 g/mol. The van der Waals surface area contributed by atoms with E-state index in [9.17, 15) is 9.59 Å². The van der Waals surface area contributed by atoms with Crippen molar-refractivity contribution in [2.75, 3.05) is 19.1 Å². The molecule has 1 amide bonds. The molecule has 0 N–H and O–H groups in total. The second kappa shape index (κ2) is 9.43. The van der Waals surface area contributed by atoms with Crippen LogP contribution in [-0.2, 0) is 14.3 Å². The number of rotatable bonds is 6. The molecule has 1 aromatic heterocycles. The molecule has 8 nitrogen and oxygen atoms in total. The minimum absolute atomic E-state index is 0.0840. The van der Waals surface area contributed by atoms with Crippen LogP contribution in [0.4, 0.5) is 10.8 Å². The van der Waals surface area contributed by atoms with Crippen molar-refractivity contribution >= 4 is 57.6 Å². The summed E-state index contributed by atoms with van der Waals surface area (Å²) in [6.07, 6.45) is 1.50. The molecule has 0 aliphatic carbocycles. The van der Waals surface area contributed by atoms with Gasteiger partial charge in [0.1, 0.15) is 11.5 Å². The largest absolute Gasteiger partial charge is 0.497 e. The summed E-state index contributed by atoms with van der Waals surface area (Å²) in [6, 6.07) is 12.0. The maximum Gasteiger partial charge on any atom is 0.363 e. The highest BCUT2D eigenvalue weighted by Crippen LogP contribution is 2.32. The molecule has 168 valence electrons. The zero-order valence-corrected chi connectivity index (χ0v) is 19.4. The van der Waals surface area contributed by atoms with E-state index in [1.165, 1.54) is 43.5 Å². The van der Waals surface area contributed by atoms with Crippen LogP contribution in [0.1, 0.15) is 18.2 Å². The topological polar surface area (TPSA) is 90.3 Å². The van der Waals surface area contributed by atoms with Gasteiger partial charge in [0, 0.05) is 29.0 Å². The Bertz CT molecular complexity index is 1280. The molecule has 2 heterocycles. The maximum absolute atomic E-state index is 12.4. The first-order chi connectivity index (χ1) is 15.9. The van der Waals surface area contributed by atoms with Crippen LogP contribution in [0.5, 0.6) is 11.5 Å². The van der Waals surface area contributed by atoms with Gasteiger partial charge in [0.15, 0.2) is 10.8 Å². The van der Waals surface area contributed by atoms with Crippen molar-refractivity contribution in [2.24, 2.45) is 4.99 Å². The molecular weight excluding hydrogens is 466 g/mol. The molecule has 0 unspecified atom stereocenters. The van der Waals surface area contributed by atoms with Crippen LogP contribution in [0, 0.1) is 0 Å². The first-order valence-electron chi connectivity index (χ1n) is 9.65. The number of hydrogen-bond donors (Lipinski definition) is 0. The second-order valence-corrected chi connectivity index (χ2v) is 8.10. The summed E-state index contributed by atoms with van der Waals surface area (Å²) < 4.78 is 15.8. The monoisotopic (exact) mass is 483 g/mol. The highest BCUT2D eigenvalue weighted by Gasteiger charge is 2.26. The molecule has 0 atom stereocenters. The number of ether oxygens (including phenoxy) is 3. The zero-order valence-electron chi connectivity index (χ0n) is 17.9. The van der Waals surface area contributed by atoms with Crippen molar-refractivity contribution in [1.82, 2.24) is 4.98 Å². The summed E-state index contributed by atoms with van der Waals surface area (Å²) in [5.41, 5.74) is 1.67. The number of anilines is 2. The third kappa shape index (κ3) is 4.89. The van der Waals surface area contributed by atoms with Gasteiger partial charge in [0.2, 0.25) is 11.8 Å². The summed E-state index contributed by atoms with van der Waals surface area (Å²) in [7, 11) is 3.06. The second-order valence-electron chi connectivity index (χ2n) is 6.83. The summed E-state index contributed by atoms with van der Waals surface area (Å²) >= 11 is 7.32. The number of benzene rings is 2. The molecule has 0 bridgehead atoms. The number of amides is 1. The molecule has 10 heteroatoms. The van der Waals surface area contributed by atoms with E-state index in [-0.39, 0.29) is 17.5 Å². The van der Waals surface area contributed by atoms with Gasteiger partial charge >= 0.3 is 5.97 Å². The van der Waals surface area contributed by atoms with Gasteiger partial charge in [-0.05, 0) is 36.4 Å². The maximum atomic E-state index is 12.4. The van der Waals surface area contributed by atoms with Gasteiger partial charge in [0.05, 0.1) is 25.6 Å². The van der Waals surface area contributed by atoms with Crippen molar-refractivity contribution in [3.63, 3.8) is 0 Å². The number of aliphatic imine (C=N–C) groups is 1. The third-order valence-corrected chi connectivity index (χ3v) is 5.67. The third-order valence-electron chi connectivity index (χ3n) is 4.59. The molecule has 0 spiro atoms. The van der Waals surface area contributed by atoms with Crippen LogP contribution in [0.25, 0.3) is 6.08 Å². The minimum Gasteiger partial charge on any atom is -0.497 e. The Morgan fingerprint density at radius 3 is 2.52 bits per heavy atom. The van der Waals surface area contributed by atoms with Crippen LogP contribution in [0.2, 0.25) is 5.02 Å². The van der Waals surface area contributed by atoms with E-state index in [0.29, 0.717) is 38.6 Å². The normalized spacial score (nSPS) is 14.1. The van der Waals surface area contributed by atoms with E-state index in [2.05, 4.69) is 9.98 Å². The zero-order chi connectivity index (χ0) is 23.5. The molecule has 0 fully saturated rings. The molecule has 1 aliphatic heterocycles. The van der Waals surface area contributed by atoms with E-state index in [0.717, 1.165) is 0 Å². The molecule has 0 saturated heterocycles. The first kappa shape index (κ1) is 22.5. The number of carbonyl (C=O) groups is 2. The summed E-state index contributed by atoms with van der Waals surface area (Å²) in [5, 5.41) is 2.66. The van der Waals surface area contributed by atoms with Gasteiger partial charge in [-0.3, -0.25) is 9.69 Å². The molecule has 0 saturated carbocycles. The van der Waals surface area contributed by atoms with Crippen molar-refractivity contribution in [1.29, 1.82) is 0 Å². The Hall–Kier alpha value is -3.69. The lowest BCUT2D eigenvalue weighted by Gasteiger charge is -2.18. The fourth-order valence-corrected chi connectivity index (χ4v) is 4.12. The Morgan fingerprint density at radius 2 is 1.88 bits per heavy atom. The molecule has 4 rings (SSSR count). The van der Waals surface area contributed by atoms with Gasteiger partial charge in [-0.2, -0.15) is 0 Å². The predicted molar refractivity (Wildman–Crippen MR) is 127 cm³/mol. The van der Waals surface area contributed by atoms with Crippen molar-refractivity contribution in [3.05, 3.63) is 69.8 Å². The highest BCUT2D eigenvalue weighted by atomic mass is 35.5. The Morgan fingerprint density at radius 1 is 1.15 bits per heavy atom. The number of carbonyl (C=O) groups excluding carboxylic acids is 2. The summed E-state index contributed by atoms with van der Waals surface area (Å²) in [6.45, 7) is 1.44. The van der Waals surface area contributed by atoms with Gasteiger partial charge < -0.3 is 14.2 Å². The smallest absolute Gasteiger partial charge is 0.363 e. The lowest BCUT2D eigenvalue weighted by atomic mass is 10.2. The lowest BCUT2D eigenvalue weighted by molar-refractivity contribution is -0.130. The van der Waals surface area contributed by atoms with Crippen molar-refractivity contribution in [3.8, 4) is 11.5 Å². The molecule has 33 heavy (non-hydrogen) atoms. The number of halogens is 1. The summed E-state index contributed by atoms with van der Waals surface area (Å²) in [5.74, 6) is 0.367. The van der Waals surface area contributed by atoms with Gasteiger partial charge in [-0.25, -0.2) is 14.8 Å². The Kier molecular flexibility index (Phi) is 6.43. The number of nitrogens with zero attached hydrogens (tertiary/aromatic N) is 3. The highest BCUT2D eigenvalue weighted by molar-refractivity contribution is 7.14. The van der Waals surface area contributed by atoms with Crippen molar-refractivity contribution in [2.45, 2.75) is 6.92 Å². The number of thiazole rings is 1. The van der Waals surface area contributed by atoms with Crippen molar-refractivity contribution < 1.29 is 23.8 Å². The number of cyclic esters (lactones) is 1. The van der Waals surface area contributed by atoms with E-state index < -0.39 is 5.97 Å². The fraction of sp³-hybridized carbons (Fsp3) is 0.130. The van der Waals surface area contributed by atoms with E-state index in [1.54, 1.807) is 47.8 Å². The minimum atomic E-state index is -0.611. The van der Waals surface area contributed by atoms with Crippen LogP contribution >= 0.6 is 22.9 Å². The number of methoxy groups -OCH3 is 2. The van der Waals surface area contributed by atoms with E-state index in [1.807, 2.05) is 0 Å². The summed E-state index contributed by atoms with van der Waals surface area (Å²) in [4.78, 5) is 34.9. The number of hydrogen-bond acceptors (Lipinski definition) is 8. The predicted octanol–water partition coefficient (Wildman–Crippen LogP) is 4.84. The molecule has 0 radical (unpaired) electrons. The van der Waals surface area contributed by atoms with E-state index >= 15 is 0 Å². The van der Waals surface area contributed by atoms with Crippen LogP contribution in [-0.4, -0.2) is 37.0 Å². The van der Waals surface area contributed by atoms with Gasteiger partial charge in [-0.15, -0.1) is 11.3 Å². The first-order valence-corrected chi connectivity index (χ1v) is 10.9. The Labute approximate surface area is 198 Å². The van der Waals surface area contributed by atoms with Crippen LogP contribution in [0.3, 0.4) is 0 Å². The molecular formula is C23H18ClN3O5S. The van der Waals surface area contributed by atoms with Crippen LogP contribution < -0.4 is 14.4 Å². The molecule has 1 aliphatic rings. The average Bonchev–Trinajstić information content (AvgIpc) is 3.40. The number of esters is 1. The Balaban J connectivity index is 1.64. The quantitative estimate of drug-likeness (QED) is 0.368. The van der Waals surface area contributed by atoms with Crippen LogP contribution in [0.15, 0.2) is 58.5 Å². The molecule has 3 aromatic rings. The SMILES string of the molecule is COc1cc(OC)cc(C2=N/C(=C/c3csc(N(C(C)=O)c4cccc(Cl)c4)n3)C(=O)O2)c1. The molecule has 2 aromatic carbocycles.